The fraction of sp³-hybridized carbons (Fsp3) is 0.333. The minimum absolute atomic E-state index is 0.144. The summed E-state index contributed by atoms with van der Waals surface area (Å²) in [6, 6.07) is 5.28. The molecule has 0 saturated carbocycles. The maximum atomic E-state index is 11.8. The number of carbonyl (C=O) groups is 1. The molecule has 0 radical (unpaired) electrons. The second-order valence-electron chi connectivity index (χ2n) is 4.27. The minimum Gasteiger partial charge on any atom is -0.377 e. The number of hydrogen-bond acceptors (Lipinski definition) is 3. The second-order valence-corrected chi connectivity index (χ2v) is 4.71. The van der Waals surface area contributed by atoms with Crippen LogP contribution in [0.5, 0.6) is 0 Å². The van der Waals surface area contributed by atoms with Crippen molar-refractivity contribution in [1.82, 2.24) is 0 Å². The van der Waals surface area contributed by atoms with E-state index in [1.165, 1.54) is 6.07 Å². The molecule has 0 spiro atoms. The van der Waals surface area contributed by atoms with Gasteiger partial charge in [-0.2, -0.15) is 5.26 Å². The van der Waals surface area contributed by atoms with E-state index in [9.17, 15) is 4.79 Å². The largest absolute Gasteiger partial charge is 0.377 e. The van der Waals surface area contributed by atoms with Crippen molar-refractivity contribution in [3.8, 4) is 6.07 Å². The molecule has 20 heavy (non-hydrogen) atoms. The molecule has 0 aliphatic carbocycles. The third-order valence-corrected chi connectivity index (χ3v) is 2.83. The van der Waals surface area contributed by atoms with E-state index in [4.69, 9.17) is 21.6 Å². The van der Waals surface area contributed by atoms with Crippen LogP contribution >= 0.6 is 11.6 Å². The average Bonchev–Trinajstić information content (AvgIpc) is 2.41. The van der Waals surface area contributed by atoms with E-state index in [1.807, 2.05) is 6.07 Å². The van der Waals surface area contributed by atoms with Crippen LogP contribution in [0, 0.1) is 18.3 Å². The van der Waals surface area contributed by atoms with Gasteiger partial charge in [-0.15, -0.1) is 6.58 Å². The molecule has 0 fully saturated rings. The quantitative estimate of drug-likeness (QED) is 0.618. The Morgan fingerprint density at radius 3 is 3.00 bits per heavy atom. The van der Waals surface area contributed by atoms with Crippen LogP contribution in [-0.4, -0.2) is 19.1 Å². The van der Waals surface area contributed by atoms with Crippen LogP contribution in [0.2, 0.25) is 5.02 Å². The first kappa shape index (κ1) is 16.2. The van der Waals surface area contributed by atoms with E-state index >= 15 is 0 Å². The van der Waals surface area contributed by atoms with Crippen LogP contribution in [0.3, 0.4) is 0 Å². The first-order valence-corrected chi connectivity index (χ1v) is 6.65. The topological polar surface area (TPSA) is 62.1 Å². The Bertz CT molecular complexity index is 535. The van der Waals surface area contributed by atoms with Gasteiger partial charge in [-0.25, -0.2) is 0 Å². The predicted octanol–water partition coefficient (Wildman–Crippen LogP) is 3.44. The number of nitriles is 1. The van der Waals surface area contributed by atoms with Gasteiger partial charge in [-0.05, 0) is 31.0 Å². The molecule has 0 unspecified atom stereocenters. The maximum absolute atomic E-state index is 11.8. The lowest BCUT2D eigenvalue weighted by atomic mass is 10.1. The predicted molar refractivity (Wildman–Crippen MR) is 79.8 cm³/mol. The van der Waals surface area contributed by atoms with Crippen molar-refractivity contribution in [2.45, 2.75) is 19.8 Å². The molecule has 1 rings (SSSR count). The van der Waals surface area contributed by atoms with Gasteiger partial charge in [0, 0.05) is 18.1 Å². The summed E-state index contributed by atoms with van der Waals surface area (Å²) < 4.78 is 5.20. The molecule has 0 saturated heterocycles. The lowest BCUT2D eigenvalue weighted by Crippen LogP contribution is -2.14. The van der Waals surface area contributed by atoms with Crippen molar-refractivity contribution >= 4 is 23.2 Å². The zero-order valence-corrected chi connectivity index (χ0v) is 12.2. The van der Waals surface area contributed by atoms with Gasteiger partial charge in [0.1, 0.15) is 6.07 Å². The molecule has 1 N–H and O–H groups in total. The Labute approximate surface area is 124 Å². The van der Waals surface area contributed by atoms with Crippen molar-refractivity contribution in [3.05, 3.63) is 40.9 Å². The van der Waals surface area contributed by atoms with Crippen molar-refractivity contribution in [2.24, 2.45) is 0 Å². The summed E-state index contributed by atoms with van der Waals surface area (Å²) in [6.45, 7) is 6.33. The molecular formula is C15H17ClN2O2. The number of rotatable bonds is 7. The van der Waals surface area contributed by atoms with Gasteiger partial charge in [-0.3, -0.25) is 4.79 Å². The highest BCUT2D eigenvalue weighted by atomic mass is 35.5. The van der Waals surface area contributed by atoms with E-state index in [-0.39, 0.29) is 5.91 Å². The third-order valence-electron chi connectivity index (χ3n) is 2.61. The first-order chi connectivity index (χ1) is 9.58. The molecule has 0 aliphatic heterocycles. The Morgan fingerprint density at radius 2 is 2.35 bits per heavy atom. The summed E-state index contributed by atoms with van der Waals surface area (Å²) in [5.41, 5.74) is 1.66. The van der Waals surface area contributed by atoms with Crippen LogP contribution in [0.1, 0.15) is 24.0 Å². The lowest BCUT2D eigenvalue weighted by molar-refractivity contribution is -0.116. The highest BCUT2D eigenvalue weighted by molar-refractivity contribution is 6.31. The summed E-state index contributed by atoms with van der Waals surface area (Å²) >= 11 is 5.88. The van der Waals surface area contributed by atoms with Crippen molar-refractivity contribution in [2.75, 3.05) is 18.5 Å². The molecule has 4 nitrogen and oxygen atoms in total. The van der Waals surface area contributed by atoms with Crippen LogP contribution < -0.4 is 5.32 Å². The Morgan fingerprint density at radius 1 is 1.60 bits per heavy atom. The smallest absolute Gasteiger partial charge is 0.224 e. The highest BCUT2D eigenvalue weighted by Crippen LogP contribution is 2.25. The molecule has 0 aromatic heterocycles. The first-order valence-electron chi connectivity index (χ1n) is 6.27. The molecule has 0 heterocycles. The summed E-state index contributed by atoms with van der Waals surface area (Å²) in [6.07, 6.45) is 2.62. The number of carbonyl (C=O) groups excluding carboxylic acids is 1. The van der Waals surface area contributed by atoms with E-state index in [0.717, 1.165) is 5.56 Å². The van der Waals surface area contributed by atoms with E-state index in [2.05, 4.69) is 11.9 Å². The second kappa shape index (κ2) is 8.36. The Kier molecular flexibility index (Phi) is 6.78. The van der Waals surface area contributed by atoms with Crippen molar-refractivity contribution < 1.29 is 9.53 Å². The summed E-state index contributed by atoms with van der Waals surface area (Å²) in [7, 11) is 0. The normalized spacial score (nSPS) is 9.85. The maximum Gasteiger partial charge on any atom is 0.224 e. The van der Waals surface area contributed by atoms with Crippen molar-refractivity contribution in [3.63, 3.8) is 0 Å². The monoisotopic (exact) mass is 292 g/mol. The number of amides is 1. The number of ether oxygens (including phenoxy) is 1. The molecule has 1 aromatic carbocycles. The number of nitrogens with zero attached hydrogens (tertiary/aromatic N) is 1. The number of nitrogens with one attached hydrogen (secondary N) is 1. The van der Waals surface area contributed by atoms with Gasteiger partial charge in [0.05, 0.1) is 17.9 Å². The zero-order valence-electron chi connectivity index (χ0n) is 11.4. The number of benzene rings is 1. The minimum atomic E-state index is -0.144. The molecule has 106 valence electrons. The molecule has 0 bridgehead atoms. The third kappa shape index (κ3) is 5.04. The molecule has 1 amide bonds. The van der Waals surface area contributed by atoms with Gasteiger partial charge in [0.2, 0.25) is 5.91 Å². The fourth-order valence-corrected chi connectivity index (χ4v) is 1.97. The molecule has 0 aliphatic rings. The van der Waals surface area contributed by atoms with Gasteiger partial charge in [0.25, 0.3) is 0 Å². The van der Waals surface area contributed by atoms with Crippen LogP contribution in [0.4, 0.5) is 5.69 Å². The number of hydrogen-bond donors (Lipinski definition) is 1. The molecule has 5 heteroatoms. The summed E-state index contributed by atoms with van der Waals surface area (Å²) in [5.74, 6) is -0.144. The average molecular weight is 293 g/mol. The summed E-state index contributed by atoms with van der Waals surface area (Å²) in [5, 5.41) is 12.3. The number of aryl methyl sites for hydroxylation is 1. The lowest BCUT2D eigenvalue weighted by Gasteiger charge is -2.11. The van der Waals surface area contributed by atoms with Gasteiger partial charge < -0.3 is 10.1 Å². The van der Waals surface area contributed by atoms with Crippen LogP contribution in [0.25, 0.3) is 0 Å². The summed E-state index contributed by atoms with van der Waals surface area (Å²) in [4.78, 5) is 11.8. The van der Waals surface area contributed by atoms with E-state index in [0.29, 0.717) is 42.3 Å². The molecule has 0 atom stereocenters. The van der Waals surface area contributed by atoms with Gasteiger partial charge in [-0.1, -0.05) is 17.7 Å². The Hall–Kier alpha value is -1.83. The molecular weight excluding hydrogens is 276 g/mol. The van der Waals surface area contributed by atoms with Crippen LogP contribution in [-0.2, 0) is 9.53 Å². The number of halogens is 1. The van der Waals surface area contributed by atoms with Gasteiger partial charge >= 0.3 is 0 Å². The van der Waals surface area contributed by atoms with E-state index < -0.39 is 0 Å². The Balaban J connectivity index is 2.58. The standard InChI is InChI=1S/C15H17ClN2O2/c1-3-6-20-7-4-5-14(19)18-15-11(2)8-13(16)9-12(15)10-17/h3,8-9H,1,4-7H2,2H3,(H,18,19). The molecule has 1 aromatic rings. The number of anilines is 1. The van der Waals surface area contributed by atoms with Crippen molar-refractivity contribution in [1.29, 1.82) is 5.26 Å². The highest BCUT2D eigenvalue weighted by Gasteiger charge is 2.10. The van der Waals surface area contributed by atoms with E-state index in [1.54, 1.807) is 19.1 Å². The fourth-order valence-electron chi connectivity index (χ4n) is 1.70. The van der Waals surface area contributed by atoms with Gasteiger partial charge in [0.15, 0.2) is 0 Å². The SMILES string of the molecule is C=CCOCCCC(=O)Nc1c(C)cc(Cl)cc1C#N. The zero-order chi connectivity index (χ0) is 15.0. The van der Waals surface area contributed by atoms with Crippen LogP contribution in [0.15, 0.2) is 24.8 Å².